The number of fused-ring (bicyclic) bond motifs is 4. The van der Waals surface area contributed by atoms with Crippen LogP contribution in [-0.4, -0.2) is 52.6 Å². The molecule has 256 valence electrons. The molecule has 1 aliphatic heterocycles. The monoisotopic (exact) mass is 652 g/mol. The molecule has 8 nitrogen and oxygen atoms in total. The van der Waals surface area contributed by atoms with Gasteiger partial charge in [0.2, 0.25) is 0 Å². The van der Waals surface area contributed by atoms with Crippen molar-refractivity contribution in [3.05, 3.63) is 119 Å². The van der Waals surface area contributed by atoms with Gasteiger partial charge in [-0.25, -0.2) is 0 Å². The van der Waals surface area contributed by atoms with Crippen LogP contribution in [0.5, 0.6) is 23.0 Å². The van der Waals surface area contributed by atoms with E-state index < -0.39 is 0 Å². The van der Waals surface area contributed by atoms with Gasteiger partial charge in [0.1, 0.15) is 23.0 Å². The van der Waals surface area contributed by atoms with Crippen LogP contribution in [0.15, 0.2) is 97.1 Å². The Labute approximate surface area is 286 Å². The van der Waals surface area contributed by atoms with Crippen LogP contribution in [-0.2, 0) is 26.2 Å². The summed E-state index contributed by atoms with van der Waals surface area (Å²) in [4.78, 5) is 0. The second kappa shape index (κ2) is 21.0. The van der Waals surface area contributed by atoms with Crippen LogP contribution >= 0.6 is 0 Å². The zero-order chi connectivity index (χ0) is 32.9. The van der Waals surface area contributed by atoms with Gasteiger partial charge >= 0.3 is 0 Å². The minimum absolute atomic E-state index is 0.661. The molecule has 8 heteroatoms. The van der Waals surface area contributed by atoms with Crippen molar-refractivity contribution >= 4 is 0 Å². The number of para-hydroxylation sites is 4. The van der Waals surface area contributed by atoms with Crippen molar-refractivity contribution < 1.29 is 18.9 Å². The van der Waals surface area contributed by atoms with E-state index in [9.17, 15) is 0 Å². The SMILES string of the molecule is c1ccc2c(c1)CNCCCOc1ccccc1CNCCCOc1ccccc1CNCCCOc1ccccc1CNCCCO2. The molecule has 0 atom stereocenters. The van der Waals surface area contributed by atoms with Gasteiger partial charge in [-0.3, -0.25) is 0 Å². The smallest absolute Gasteiger partial charge is 0.123 e. The molecule has 0 unspecified atom stereocenters. The maximum atomic E-state index is 6.18. The highest BCUT2D eigenvalue weighted by Crippen LogP contribution is 2.21. The fourth-order valence-electron chi connectivity index (χ4n) is 5.57. The number of rotatable bonds is 0. The van der Waals surface area contributed by atoms with Crippen molar-refractivity contribution in [3.8, 4) is 23.0 Å². The molecular weight excluding hydrogens is 600 g/mol. The average Bonchev–Trinajstić information content (AvgIpc) is 3.12. The molecule has 0 bridgehead atoms. The van der Waals surface area contributed by atoms with Crippen LogP contribution < -0.4 is 40.2 Å². The molecular formula is C40H52N4O4. The van der Waals surface area contributed by atoms with Crippen LogP contribution in [0.25, 0.3) is 0 Å². The summed E-state index contributed by atoms with van der Waals surface area (Å²) in [5.41, 5.74) is 4.68. The molecule has 5 rings (SSSR count). The first kappa shape index (κ1) is 35.2. The molecule has 48 heavy (non-hydrogen) atoms. The Morgan fingerprint density at radius 2 is 0.542 bits per heavy atom. The molecule has 1 aliphatic rings. The van der Waals surface area contributed by atoms with E-state index >= 15 is 0 Å². The van der Waals surface area contributed by atoms with Gasteiger partial charge in [-0.05, 0) is 76.1 Å². The Bertz CT molecular complexity index is 1150. The van der Waals surface area contributed by atoms with E-state index in [1.165, 1.54) is 22.3 Å². The van der Waals surface area contributed by atoms with E-state index in [4.69, 9.17) is 18.9 Å². The zero-order valence-electron chi connectivity index (χ0n) is 28.2. The maximum Gasteiger partial charge on any atom is 0.123 e. The summed E-state index contributed by atoms with van der Waals surface area (Å²) in [6.45, 7) is 9.14. The third-order valence-electron chi connectivity index (χ3n) is 8.17. The third-order valence-corrected chi connectivity index (χ3v) is 8.17. The number of ether oxygens (including phenoxy) is 4. The molecule has 1 heterocycles. The van der Waals surface area contributed by atoms with E-state index in [0.717, 1.165) is 101 Å². The number of nitrogens with one attached hydrogen (secondary N) is 4. The normalized spacial score (nSPS) is 17.0. The average molecular weight is 653 g/mol. The lowest BCUT2D eigenvalue weighted by atomic mass is 10.2. The summed E-state index contributed by atoms with van der Waals surface area (Å²) in [5.74, 6) is 3.77. The van der Waals surface area contributed by atoms with Gasteiger partial charge in [0.25, 0.3) is 0 Å². The van der Waals surface area contributed by atoms with Crippen molar-refractivity contribution in [2.24, 2.45) is 0 Å². The summed E-state index contributed by atoms with van der Waals surface area (Å²) in [5, 5.41) is 14.2. The van der Waals surface area contributed by atoms with Crippen LogP contribution in [0, 0.1) is 0 Å². The Balaban J connectivity index is 1.14. The van der Waals surface area contributed by atoms with Crippen LogP contribution in [0.1, 0.15) is 47.9 Å². The lowest BCUT2D eigenvalue weighted by Crippen LogP contribution is -2.20. The van der Waals surface area contributed by atoms with Crippen molar-refractivity contribution in [2.45, 2.75) is 51.9 Å². The molecule has 4 N–H and O–H groups in total. The van der Waals surface area contributed by atoms with E-state index in [0.29, 0.717) is 26.4 Å². The summed E-state index contributed by atoms with van der Waals surface area (Å²) >= 11 is 0. The Morgan fingerprint density at radius 3 is 0.792 bits per heavy atom. The highest BCUT2D eigenvalue weighted by Gasteiger charge is 2.07. The summed E-state index contributed by atoms with van der Waals surface area (Å²) in [7, 11) is 0. The molecule has 4 aromatic carbocycles. The lowest BCUT2D eigenvalue weighted by Gasteiger charge is -2.15. The van der Waals surface area contributed by atoms with Gasteiger partial charge in [0.15, 0.2) is 0 Å². The van der Waals surface area contributed by atoms with Gasteiger partial charge in [-0.15, -0.1) is 0 Å². The minimum Gasteiger partial charge on any atom is -0.493 e. The molecule has 0 spiro atoms. The van der Waals surface area contributed by atoms with E-state index in [1.54, 1.807) is 0 Å². The fraction of sp³-hybridized carbons (Fsp3) is 0.400. The van der Waals surface area contributed by atoms with Crippen molar-refractivity contribution in [2.75, 3.05) is 52.6 Å². The van der Waals surface area contributed by atoms with E-state index in [1.807, 2.05) is 24.3 Å². The van der Waals surface area contributed by atoms with E-state index in [-0.39, 0.29) is 0 Å². The second-order valence-electron chi connectivity index (χ2n) is 11.9. The Hall–Kier alpha value is -4.08. The predicted octanol–water partition coefficient (Wildman–Crippen LogP) is 6.23. The van der Waals surface area contributed by atoms with Crippen molar-refractivity contribution in [3.63, 3.8) is 0 Å². The first-order valence-corrected chi connectivity index (χ1v) is 17.5. The number of benzene rings is 4. The molecule has 0 aromatic heterocycles. The number of hydrogen-bond acceptors (Lipinski definition) is 8. The molecule has 4 aromatic rings. The summed E-state index contributed by atoms with van der Waals surface area (Å²) in [6, 6.07) is 33.1. The number of hydrogen-bond donors (Lipinski definition) is 4. The zero-order valence-corrected chi connectivity index (χ0v) is 28.2. The Kier molecular flexibility index (Phi) is 15.4. The van der Waals surface area contributed by atoms with Gasteiger partial charge in [0.05, 0.1) is 26.4 Å². The van der Waals surface area contributed by atoms with E-state index in [2.05, 4.69) is 94.1 Å². The van der Waals surface area contributed by atoms with Crippen molar-refractivity contribution in [1.29, 1.82) is 0 Å². The predicted molar refractivity (Wildman–Crippen MR) is 193 cm³/mol. The van der Waals surface area contributed by atoms with Crippen LogP contribution in [0.3, 0.4) is 0 Å². The van der Waals surface area contributed by atoms with Gasteiger partial charge in [-0.2, -0.15) is 0 Å². The molecule has 0 radical (unpaired) electrons. The lowest BCUT2D eigenvalue weighted by molar-refractivity contribution is 0.296. The van der Waals surface area contributed by atoms with Crippen LogP contribution in [0.4, 0.5) is 0 Å². The van der Waals surface area contributed by atoms with Gasteiger partial charge in [-0.1, -0.05) is 72.8 Å². The second-order valence-corrected chi connectivity index (χ2v) is 11.9. The standard InChI is InChI=1S/C40H52N4O4/c1-5-17-37-33(13-1)29-41-21-9-26-46-38-18-6-2-15-35(38)31-43-23-11-28-48-40-20-8-4-16-36(40)32-44-24-12-27-47-39-19-7-3-14-34(39)30-42-22-10-25-45-37/h1-8,13-20,41-44H,9-12,21-32H2. The highest BCUT2D eigenvalue weighted by molar-refractivity contribution is 5.35. The molecule has 0 saturated heterocycles. The topological polar surface area (TPSA) is 85.0 Å². The van der Waals surface area contributed by atoms with Crippen LogP contribution in [0.2, 0.25) is 0 Å². The molecule has 0 aliphatic carbocycles. The largest absolute Gasteiger partial charge is 0.493 e. The first-order valence-electron chi connectivity index (χ1n) is 17.5. The molecule has 0 amide bonds. The first-order chi connectivity index (χ1) is 23.9. The van der Waals surface area contributed by atoms with Gasteiger partial charge < -0.3 is 40.2 Å². The third kappa shape index (κ3) is 12.2. The molecule has 0 saturated carbocycles. The summed E-state index contributed by atoms with van der Waals surface area (Å²) in [6.07, 6.45) is 3.66. The van der Waals surface area contributed by atoms with Crippen molar-refractivity contribution in [1.82, 2.24) is 21.3 Å². The molecule has 0 fully saturated rings. The maximum absolute atomic E-state index is 6.18. The van der Waals surface area contributed by atoms with Gasteiger partial charge in [0, 0.05) is 48.4 Å². The fourth-order valence-corrected chi connectivity index (χ4v) is 5.57. The minimum atomic E-state index is 0.661. The highest BCUT2D eigenvalue weighted by atomic mass is 16.5. The quantitative estimate of drug-likeness (QED) is 0.178. The Morgan fingerprint density at radius 1 is 0.312 bits per heavy atom. The summed E-state index contributed by atoms with van der Waals surface area (Å²) < 4.78 is 24.7.